The molecule has 2 saturated carbocycles. The molecule has 1 heterocycles. The number of hydrogen-bond acceptors (Lipinski definition) is 3. The van der Waals surface area contributed by atoms with E-state index in [1.165, 1.54) is 6.42 Å². The first-order chi connectivity index (χ1) is 12.2. The Morgan fingerprint density at radius 1 is 1.24 bits per heavy atom. The van der Waals surface area contributed by atoms with Gasteiger partial charge in [-0.2, -0.15) is 5.10 Å². The van der Waals surface area contributed by atoms with Crippen molar-refractivity contribution < 1.29 is 9.90 Å². The van der Waals surface area contributed by atoms with Gasteiger partial charge < -0.3 is 15.7 Å². The highest BCUT2D eigenvalue weighted by atomic mass is 16.3. The quantitative estimate of drug-likeness (QED) is 0.782. The van der Waals surface area contributed by atoms with Crippen LogP contribution in [-0.4, -0.2) is 33.6 Å². The lowest BCUT2D eigenvalue weighted by molar-refractivity contribution is 0.146. The van der Waals surface area contributed by atoms with Gasteiger partial charge in [-0.25, -0.2) is 4.79 Å². The maximum absolute atomic E-state index is 12.3. The first-order valence-electron chi connectivity index (χ1n) is 8.97. The number of rotatable bonds is 5. The Balaban J connectivity index is 1.33. The largest absolute Gasteiger partial charge is 0.396 e. The van der Waals surface area contributed by atoms with Crippen molar-refractivity contribution in [2.75, 3.05) is 11.9 Å². The van der Waals surface area contributed by atoms with E-state index in [4.69, 9.17) is 0 Å². The summed E-state index contributed by atoms with van der Waals surface area (Å²) >= 11 is 0. The van der Waals surface area contributed by atoms with Crippen molar-refractivity contribution in [3.05, 3.63) is 48.3 Å². The number of amides is 2. The van der Waals surface area contributed by atoms with E-state index in [0.29, 0.717) is 18.4 Å². The summed E-state index contributed by atoms with van der Waals surface area (Å²) in [6.07, 6.45) is 7.17. The second kappa shape index (κ2) is 6.88. The summed E-state index contributed by atoms with van der Waals surface area (Å²) in [5.41, 5.74) is 1.90. The van der Waals surface area contributed by atoms with Crippen molar-refractivity contribution in [2.24, 2.45) is 17.8 Å². The highest BCUT2D eigenvalue weighted by Crippen LogP contribution is 2.48. The third-order valence-corrected chi connectivity index (χ3v) is 5.71. The Hall–Kier alpha value is -2.34. The molecule has 132 valence electrons. The number of aliphatic hydroxyl groups excluding tert-OH is 1. The maximum Gasteiger partial charge on any atom is 0.319 e. The average molecular weight is 340 g/mol. The number of carbonyl (C=O) groups is 1. The van der Waals surface area contributed by atoms with E-state index < -0.39 is 0 Å². The molecule has 6 heteroatoms. The molecule has 1 aromatic heterocycles. The maximum atomic E-state index is 12.3. The van der Waals surface area contributed by atoms with Crippen LogP contribution in [0.5, 0.6) is 0 Å². The van der Waals surface area contributed by atoms with Crippen LogP contribution in [0.4, 0.5) is 10.5 Å². The van der Waals surface area contributed by atoms with Gasteiger partial charge in [0.2, 0.25) is 0 Å². The van der Waals surface area contributed by atoms with Gasteiger partial charge >= 0.3 is 6.03 Å². The average Bonchev–Trinajstić information content (AvgIpc) is 3.34. The second-order valence-electron chi connectivity index (χ2n) is 7.20. The first kappa shape index (κ1) is 16.1. The number of hydrogen-bond donors (Lipinski definition) is 3. The number of aromatic nitrogens is 2. The zero-order valence-electron chi connectivity index (χ0n) is 14.1. The minimum atomic E-state index is -0.184. The van der Waals surface area contributed by atoms with Crippen LogP contribution in [-0.2, 0) is 6.54 Å². The number of aliphatic hydroxyl groups is 1. The molecule has 1 aromatic carbocycles. The van der Waals surface area contributed by atoms with Crippen molar-refractivity contribution in [1.29, 1.82) is 0 Å². The lowest BCUT2D eigenvalue weighted by Crippen LogP contribution is -2.46. The second-order valence-corrected chi connectivity index (χ2v) is 7.20. The van der Waals surface area contributed by atoms with E-state index in [1.807, 2.05) is 41.2 Å². The molecule has 2 aromatic rings. The Kier molecular flexibility index (Phi) is 4.44. The van der Waals surface area contributed by atoms with E-state index >= 15 is 0 Å². The molecule has 2 fully saturated rings. The Bertz CT molecular complexity index is 714. The van der Waals surface area contributed by atoms with Crippen molar-refractivity contribution in [3.8, 4) is 0 Å². The molecule has 0 unspecified atom stereocenters. The van der Waals surface area contributed by atoms with E-state index in [-0.39, 0.29) is 24.6 Å². The lowest BCUT2D eigenvalue weighted by Gasteiger charge is -2.30. The van der Waals surface area contributed by atoms with Gasteiger partial charge in [0.25, 0.3) is 0 Å². The molecular formula is C19H24N4O2. The summed E-state index contributed by atoms with van der Waals surface area (Å²) in [7, 11) is 0. The van der Waals surface area contributed by atoms with Crippen LogP contribution in [0.1, 0.15) is 24.8 Å². The Morgan fingerprint density at radius 2 is 2.04 bits per heavy atom. The van der Waals surface area contributed by atoms with Gasteiger partial charge in [0.05, 0.1) is 6.54 Å². The fraction of sp³-hybridized carbons (Fsp3) is 0.474. The predicted molar refractivity (Wildman–Crippen MR) is 95.1 cm³/mol. The summed E-state index contributed by atoms with van der Waals surface area (Å²) in [5.74, 6) is 1.30. The van der Waals surface area contributed by atoms with E-state index in [1.54, 1.807) is 6.20 Å². The van der Waals surface area contributed by atoms with Crippen molar-refractivity contribution in [3.63, 3.8) is 0 Å². The minimum Gasteiger partial charge on any atom is -0.396 e. The van der Waals surface area contributed by atoms with Crippen molar-refractivity contribution in [1.82, 2.24) is 15.1 Å². The van der Waals surface area contributed by atoms with Gasteiger partial charge in [0.15, 0.2) is 0 Å². The highest BCUT2D eigenvalue weighted by Gasteiger charge is 2.47. The zero-order valence-corrected chi connectivity index (χ0v) is 14.1. The van der Waals surface area contributed by atoms with Crippen LogP contribution in [0.25, 0.3) is 0 Å². The van der Waals surface area contributed by atoms with Gasteiger partial charge in [0, 0.05) is 36.6 Å². The topological polar surface area (TPSA) is 79.2 Å². The molecule has 2 amide bonds. The first-order valence-corrected chi connectivity index (χ1v) is 8.97. The SMILES string of the molecule is O=C(Nc1ccc(Cn2cccn2)cc1)N[C@@H]1[C@H]2CC[C@@H](C2)[C@H]1CO. The number of benzene rings is 1. The molecular weight excluding hydrogens is 316 g/mol. The van der Waals surface area contributed by atoms with E-state index in [9.17, 15) is 9.90 Å². The number of anilines is 1. The van der Waals surface area contributed by atoms with E-state index in [0.717, 1.165) is 24.1 Å². The number of carbonyl (C=O) groups excluding carboxylic acids is 1. The summed E-state index contributed by atoms with van der Waals surface area (Å²) in [4.78, 5) is 12.3. The molecule has 4 rings (SSSR count). The lowest BCUT2D eigenvalue weighted by atomic mass is 9.85. The van der Waals surface area contributed by atoms with Gasteiger partial charge in [0.1, 0.15) is 0 Å². The summed E-state index contributed by atoms with van der Waals surface area (Å²) in [6, 6.07) is 9.61. The van der Waals surface area contributed by atoms with Gasteiger partial charge in [-0.1, -0.05) is 12.1 Å². The molecule has 0 spiro atoms. The standard InChI is InChI=1S/C19H24N4O2/c24-12-17-14-4-5-15(10-14)18(17)22-19(25)21-16-6-2-13(3-7-16)11-23-9-1-8-20-23/h1-3,6-9,14-15,17-18,24H,4-5,10-12H2,(H2,21,22,25)/t14-,15-,17+,18+/m0/s1. The smallest absolute Gasteiger partial charge is 0.319 e. The molecule has 0 saturated heterocycles. The minimum absolute atomic E-state index is 0.0999. The number of urea groups is 1. The highest BCUT2D eigenvalue weighted by molar-refractivity contribution is 5.89. The third-order valence-electron chi connectivity index (χ3n) is 5.71. The molecule has 0 radical (unpaired) electrons. The Morgan fingerprint density at radius 3 is 2.76 bits per heavy atom. The monoisotopic (exact) mass is 340 g/mol. The van der Waals surface area contributed by atoms with Crippen molar-refractivity contribution >= 4 is 11.7 Å². The number of nitrogens with zero attached hydrogens (tertiary/aromatic N) is 2. The third kappa shape index (κ3) is 3.39. The van der Waals surface area contributed by atoms with Crippen LogP contribution >= 0.6 is 0 Å². The fourth-order valence-corrected chi connectivity index (χ4v) is 4.49. The van der Waals surface area contributed by atoms with E-state index in [2.05, 4.69) is 15.7 Å². The Labute approximate surface area is 147 Å². The molecule has 2 aliphatic carbocycles. The molecule has 0 aliphatic heterocycles. The molecule has 2 aliphatic rings. The van der Waals surface area contributed by atoms with Gasteiger partial charge in [-0.3, -0.25) is 4.68 Å². The molecule has 4 atom stereocenters. The molecule has 2 bridgehead atoms. The molecule has 25 heavy (non-hydrogen) atoms. The van der Waals surface area contributed by atoms with Crippen LogP contribution in [0, 0.1) is 17.8 Å². The summed E-state index contributed by atoms with van der Waals surface area (Å²) in [6.45, 7) is 0.872. The zero-order chi connectivity index (χ0) is 17.2. The van der Waals surface area contributed by atoms with Gasteiger partial charge in [-0.05, 0) is 54.9 Å². The molecule has 3 N–H and O–H groups in total. The van der Waals surface area contributed by atoms with Crippen LogP contribution in [0.15, 0.2) is 42.7 Å². The van der Waals surface area contributed by atoms with Crippen LogP contribution < -0.4 is 10.6 Å². The normalized spacial score (nSPS) is 27.4. The molecule has 6 nitrogen and oxygen atoms in total. The van der Waals surface area contributed by atoms with Crippen LogP contribution in [0.3, 0.4) is 0 Å². The van der Waals surface area contributed by atoms with Crippen LogP contribution in [0.2, 0.25) is 0 Å². The number of nitrogens with one attached hydrogen (secondary N) is 2. The predicted octanol–water partition coefficient (Wildman–Crippen LogP) is 2.46. The number of fused-ring (bicyclic) bond motifs is 2. The van der Waals surface area contributed by atoms with Crippen molar-refractivity contribution in [2.45, 2.75) is 31.8 Å². The van der Waals surface area contributed by atoms with Gasteiger partial charge in [-0.15, -0.1) is 0 Å². The summed E-state index contributed by atoms with van der Waals surface area (Å²) in [5, 5.41) is 19.8. The fourth-order valence-electron chi connectivity index (χ4n) is 4.49. The summed E-state index contributed by atoms with van der Waals surface area (Å²) < 4.78 is 1.86.